The second-order valence-corrected chi connectivity index (χ2v) is 5.20. The molecule has 1 aromatic rings. The molecule has 2 heteroatoms. The number of hydrogen-bond acceptors (Lipinski definition) is 2. The predicted octanol–water partition coefficient (Wildman–Crippen LogP) is 3.69. The molecule has 0 spiro atoms. The normalized spacial score (nSPS) is 10.9. The first-order valence-electron chi connectivity index (χ1n) is 5.67. The number of benzene rings is 1. The van der Waals surface area contributed by atoms with E-state index in [1.807, 2.05) is 11.8 Å². The van der Waals surface area contributed by atoms with Crippen molar-refractivity contribution in [3.05, 3.63) is 29.8 Å². The van der Waals surface area contributed by atoms with Crippen LogP contribution in [0.25, 0.3) is 0 Å². The molecule has 0 saturated heterocycles. The minimum absolute atomic E-state index is 0.553. The van der Waals surface area contributed by atoms with Crippen LogP contribution in [-0.4, -0.2) is 11.8 Å². The maximum atomic E-state index is 3.44. The number of hydrogen-bond donors (Lipinski definition) is 1. The van der Waals surface area contributed by atoms with Gasteiger partial charge in [-0.2, -0.15) is 0 Å². The number of nitrogens with one attached hydrogen (secondary N) is 1. The van der Waals surface area contributed by atoms with Gasteiger partial charge in [0.2, 0.25) is 0 Å². The minimum atomic E-state index is 0.553. The van der Waals surface area contributed by atoms with Crippen LogP contribution >= 0.6 is 11.8 Å². The van der Waals surface area contributed by atoms with Crippen molar-refractivity contribution < 1.29 is 0 Å². The van der Waals surface area contributed by atoms with Crippen LogP contribution in [0.1, 0.15) is 32.8 Å². The molecule has 0 fully saturated rings. The van der Waals surface area contributed by atoms with Crippen molar-refractivity contribution in [2.24, 2.45) is 0 Å². The van der Waals surface area contributed by atoms with Crippen molar-refractivity contribution in [2.45, 2.75) is 44.7 Å². The van der Waals surface area contributed by atoms with E-state index in [-0.39, 0.29) is 0 Å². The molecule has 84 valence electrons. The third-order valence-electron chi connectivity index (χ3n) is 2.09. The fourth-order valence-electron chi connectivity index (χ4n) is 1.29. The summed E-state index contributed by atoms with van der Waals surface area (Å²) >= 11 is 1.94. The van der Waals surface area contributed by atoms with Crippen molar-refractivity contribution >= 4 is 11.8 Å². The van der Waals surface area contributed by atoms with Gasteiger partial charge in [-0.3, -0.25) is 0 Å². The highest BCUT2D eigenvalue weighted by Gasteiger charge is 1.97. The zero-order valence-electron chi connectivity index (χ0n) is 9.92. The van der Waals surface area contributed by atoms with Crippen molar-refractivity contribution in [1.82, 2.24) is 5.32 Å². The summed E-state index contributed by atoms with van der Waals surface area (Å²) in [5.74, 6) is 1.21. The van der Waals surface area contributed by atoms with Crippen LogP contribution in [0, 0.1) is 0 Å². The van der Waals surface area contributed by atoms with Crippen molar-refractivity contribution in [3.8, 4) is 0 Å². The zero-order valence-corrected chi connectivity index (χ0v) is 10.7. The van der Waals surface area contributed by atoms with Gasteiger partial charge in [0.05, 0.1) is 0 Å². The van der Waals surface area contributed by atoms with Gasteiger partial charge < -0.3 is 5.32 Å². The molecule has 1 aromatic carbocycles. The van der Waals surface area contributed by atoms with Crippen LogP contribution in [-0.2, 0) is 6.54 Å². The lowest BCUT2D eigenvalue weighted by atomic mass is 10.2. The van der Waals surface area contributed by atoms with Crippen molar-refractivity contribution in [2.75, 3.05) is 5.75 Å². The van der Waals surface area contributed by atoms with Crippen LogP contribution in [0.3, 0.4) is 0 Å². The Morgan fingerprint density at radius 1 is 1.33 bits per heavy atom. The second-order valence-electron chi connectivity index (χ2n) is 4.03. The fourth-order valence-corrected chi connectivity index (χ4v) is 2.14. The van der Waals surface area contributed by atoms with Gasteiger partial charge in [0, 0.05) is 17.5 Å². The van der Waals surface area contributed by atoms with Gasteiger partial charge in [0.1, 0.15) is 0 Å². The fraction of sp³-hybridized carbons (Fsp3) is 0.538. The Morgan fingerprint density at radius 2 is 2.13 bits per heavy atom. The first-order chi connectivity index (χ1) is 7.22. The summed E-state index contributed by atoms with van der Waals surface area (Å²) in [4.78, 5) is 1.39. The SMILES string of the molecule is CCCSc1cccc(CNC(C)C)c1. The largest absolute Gasteiger partial charge is 0.310 e. The minimum Gasteiger partial charge on any atom is -0.310 e. The van der Waals surface area contributed by atoms with E-state index < -0.39 is 0 Å². The molecule has 0 aliphatic carbocycles. The van der Waals surface area contributed by atoms with Gasteiger partial charge in [-0.25, -0.2) is 0 Å². The maximum absolute atomic E-state index is 3.44. The molecule has 0 amide bonds. The molecule has 1 nitrogen and oxygen atoms in total. The summed E-state index contributed by atoms with van der Waals surface area (Å²) in [6, 6.07) is 9.37. The topological polar surface area (TPSA) is 12.0 Å². The quantitative estimate of drug-likeness (QED) is 0.738. The van der Waals surface area contributed by atoms with E-state index in [1.165, 1.54) is 22.6 Å². The predicted molar refractivity (Wildman–Crippen MR) is 69.4 cm³/mol. The lowest BCUT2D eigenvalue weighted by Gasteiger charge is -2.09. The van der Waals surface area contributed by atoms with Crippen molar-refractivity contribution in [3.63, 3.8) is 0 Å². The molecule has 1 rings (SSSR count). The van der Waals surface area contributed by atoms with Gasteiger partial charge in [-0.15, -0.1) is 11.8 Å². The molecule has 0 aliphatic rings. The lowest BCUT2D eigenvalue weighted by Crippen LogP contribution is -2.21. The number of thioether (sulfide) groups is 1. The van der Waals surface area contributed by atoms with E-state index in [4.69, 9.17) is 0 Å². The monoisotopic (exact) mass is 223 g/mol. The molecular weight excluding hydrogens is 202 g/mol. The summed E-state index contributed by atoms with van der Waals surface area (Å²) < 4.78 is 0. The Kier molecular flexibility index (Phi) is 5.81. The van der Waals surface area contributed by atoms with E-state index >= 15 is 0 Å². The van der Waals surface area contributed by atoms with Gasteiger partial charge in [-0.1, -0.05) is 32.9 Å². The van der Waals surface area contributed by atoms with E-state index in [9.17, 15) is 0 Å². The molecule has 0 aliphatic heterocycles. The Balaban J connectivity index is 2.50. The third kappa shape index (κ3) is 5.24. The number of rotatable bonds is 6. The van der Waals surface area contributed by atoms with Crippen LogP contribution in [0.5, 0.6) is 0 Å². The third-order valence-corrected chi connectivity index (χ3v) is 3.29. The van der Waals surface area contributed by atoms with Gasteiger partial charge in [0.25, 0.3) is 0 Å². The van der Waals surface area contributed by atoms with Crippen LogP contribution in [0.2, 0.25) is 0 Å². The molecule has 0 atom stereocenters. The summed E-state index contributed by atoms with van der Waals surface area (Å²) in [6.07, 6.45) is 1.24. The van der Waals surface area contributed by atoms with E-state index in [0.29, 0.717) is 6.04 Å². The molecule has 0 unspecified atom stereocenters. The summed E-state index contributed by atoms with van der Waals surface area (Å²) in [5.41, 5.74) is 1.38. The molecule has 1 N–H and O–H groups in total. The molecule has 15 heavy (non-hydrogen) atoms. The average molecular weight is 223 g/mol. The average Bonchev–Trinajstić information content (AvgIpc) is 2.24. The Labute approximate surface area is 97.7 Å². The Hall–Kier alpha value is -0.470. The van der Waals surface area contributed by atoms with E-state index in [1.54, 1.807) is 0 Å². The molecule has 0 radical (unpaired) electrons. The Morgan fingerprint density at radius 3 is 2.80 bits per heavy atom. The summed E-state index contributed by atoms with van der Waals surface area (Å²) in [7, 11) is 0. The second kappa shape index (κ2) is 6.91. The molecule has 0 aromatic heterocycles. The lowest BCUT2D eigenvalue weighted by molar-refractivity contribution is 0.588. The van der Waals surface area contributed by atoms with Gasteiger partial charge >= 0.3 is 0 Å². The first kappa shape index (κ1) is 12.6. The summed E-state index contributed by atoms with van der Waals surface area (Å²) in [5, 5.41) is 3.44. The van der Waals surface area contributed by atoms with Crippen molar-refractivity contribution in [1.29, 1.82) is 0 Å². The van der Waals surface area contributed by atoms with Gasteiger partial charge in [0.15, 0.2) is 0 Å². The van der Waals surface area contributed by atoms with Crippen LogP contribution in [0.4, 0.5) is 0 Å². The molecular formula is C13H21NS. The first-order valence-corrected chi connectivity index (χ1v) is 6.66. The smallest absolute Gasteiger partial charge is 0.0208 e. The Bertz CT molecular complexity index is 284. The highest BCUT2D eigenvalue weighted by molar-refractivity contribution is 7.99. The highest BCUT2D eigenvalue weighted by atomic mass is 32.2. The molecule has 0 bridgehead atoms. The van der Waals surface area contributed by atoms with Gasteiger partial charge in [-0.05, 0) is 29.9 Å². The standard InChI is InChI=1S/C13H21NS/c1-4-8-15-13-7-5-6-12(9-13)10-14-11(2)3/h5-7,9,11,14H,4,8,10H2,1-3H3. The van der Waals surface area contributed by atoms with E-state index in [2.05, 4.69) is 50.4 Å². The zero-order chi connectivity index (χ0) is 11.1. The van der Waals surface area contributed by atoms with Crippen LogP contribution < -0.4 is 5.32 Å². The van der Waals surface area contributed by atoms with Crippen LogP contribution in [0.15, 0.2) is 29.2 Å². The van der Waals surface area contributed by atoms with E-state index in [0.717, 1.165) is 6.54 Å². The summed E-state index contributed by atoms with van der Waals surface area (Å²) in [6.45, 7) is 7.54. The highest BCUT2D eigenvalue weighted by Crippen LogP contribution is 2.19. The molecule has 0 heterocycles. The maximum Gasteiger partial charge on any atom is 0.0208 e. The molecule has 0 saturated carbocycles.